The van der Waals surface area contributed by atoms with E-state index in [1.807, 2.05) is 76.7 Å². The fourth-order valence-electron chi connectivity index (χ4n) is 3.03. The lowest BCUT2D eigenvalue weighted by Crippen LogP contribution is -2.51. The van der Waals surface area contributed by atoms with Crippen LogP contribution in [-0.4, -0.2) is 42.5 Å². The monoisotopic (exact) mass is 404 g/mol. The molecule has 0 heterocycles. The Kier molecular flexibility index (Phi) is 8.99. The van der Waals surface area contributed by atoms with Crippen LogP contribution in [0.15, 0.2) is 18.2 Å². The molecule has 1 rings (SSSR count). The molecule has 29 heavy (non-hydrogen) atoms. The first-order valence-corrected chi connectivity index (χ1v) is 10.5. The molecule has 0 fully saturated rings. The molecule has 0 bridgehead atoms. The van der Waals surface area contributed by atoms with Crippen LogP contribution in [0.1, 0.15) is 66.9 Å². The van der Waals surface area contributed by atoms with Crippen molar-refractivity contribution in [1.82, 2.24) is 10.2 Å². The zero-order valence-corrected chi connectivity index (χ0v) is 19.7. The Hall–Kier alpha value is -2.24. The van der Waals surface area contributed by atoms with Gasteiger partial charge in [0.1, 0.15) is 0 Å². The number of benzene rings is 1. The third kappa shape index (κ3) is 8.34. The van der Waals surface area contributed by atoms with E-state index in [1.54, 1.807) is 0 Å². The number of anilines is 2. The molecule has 0 saturated carbocycles. The average Bonchev–Trinajstić information content (AvgIpc) is 2.56. The summed E-state index contributed by atoms with van der Waals surface area (Å²) in [6.07, 6.45) is 1.34. The quantitative estimate of drug-likeness (QED) is 0.651. The van der Waals surface area contributed by atoms with E-state index in [9.17, 15) is 9.59 Å². The lowest BCUT2D eigenvalue weighted by Gasteiger charge is -2.33. The zero-order valence-electron chi connectivity index (χ0n) is 19.7. The molecule has 1 aromatic carbocycles. The summed E-state index contributed by atoms with van der Waals surface area (Å²) in [6.45, 7) is 14.6. The Labute approximate surface area is 177 Å². The SMILES string of the molecule is CC[C@H](C)N(Cc1cc(NC(=O)CC(C)C)ccc1N(C)C)C(=O)NC(C)(C)C. The van der Waals surface area contributed by atoms with Crippen molar-refractivity contribution in [1.29, 1.82) is 0 Å². The molecule has 0 radical (unpaired) electrons. The van der Waals surface area contributed by atoms with Gasteiger partial charge in [-0.1, -0.05) is 20.8 Å². The standard InChI is InChI=1S/C23H40N4O2/c1-10-17(4)27(22(29)25-23(5,6)7)15-18-14-19(11-12-20(18)26(8)9)24-21(28)13-16(2)3/h11-12,14,16-17H,10,13,15H2,1-9H3,(H,24,28)(H,25,29)/t17-/m0/s1. The molecule has 164 valence electrons. The van der Waals surface area contributed by atoms with Crippen LogP contribution in [0, 0.1) is 5.92 Å². The van der Waals surface area contributed by atoms with Gasteiger partial charge in [-0.05, 0) is 63.8 Å². The number of hydrogen-bond donors (Lipinski definition) is 2. The molecule has 0 spiro atoms. The van der Waals surface area contributed by atoms with E-state index in [4.69, 9.17) is 0 Å². The summed E-state index contributed by atoms with van der Waals surface area (Å²) in [5, 5.41) is 6.06. The second-order valence-electron chi connectivity index (χ2n) is 9.45. The Morgan fingerprint density at radius 1 is 1.10 bits per heavy atom. The first kappa shape index (κ1) is 24.8. The Balaban J connectivity index is 3.19. The lowest BCUT2D eigenvalue weighted by atomic mass is 10.1. The molecule has 0 aliphatic carbocycles. The minimum Gasteiger partial charge on any atom is -0.377 e. The summed E-state index contributed by atoms with van der Waals surface area (Å²) in [7, 11) is 3.97. The van der Waals surface area contributed by atoms with Crippen molar-refractivity contribution in [2.45, 2.75) is 79.4 Å². The summed E-state index contributed by atoms with van der Waals surface area (Å²) < 4.78 is 0. The topological polar surface area (TPSA) is 64.7 Å². The highest BCUT2D eigenvalue weighted by molar-refractivity contribution is 5.91. The van der Waals surface area contributed by atoms with Gasteiger partial charge in [-0.2, -0.15) is 0 Å². The van der Waals surface area contributed by atoms with Gasteiger partial charge in [0.15, 0.2) is 0 Å². The van der Waals surface area contributed by atoms with Gasteiger partial charge in [0.2, 0.25) is 5.91 Å². The summed E-state index contributed by atoms with van der Waals surface area (Å²) in [5.74, 6) is 0.310. The summed E-state index contributed by atoms with van der Waals surface area (Å²) in [6, 6.07) is 5.90. The van der Waals surface area contributed by atoms with E-state index in [-0.39, 0.29) is 23.5 Å². The van der Waals surface area contributed by atoms with Crippen LogP contribution in [0.25, 0.3) is 0 Å². The van der Waals surface area contributed by atoms with Crippen LogP contribution in [0.5, 0.6) is 0 Å². The Bertz CT molecular complexity index is 693. The molecule has 0 aliphatic rings. The zero-order chi connectivity index (χ0) is 22.4. The predicted molar refractivity (Wildman–Crippen MR) is 122 cm³/mol. The van der Waals surface area contributed by atoms with Gasteiger partial charge in [-0.3, -0.25) is 4.79 Å². The smallest absolute Gasteiger partial charge is 0.318 e. The van der Waals surface area contributed by atoms with Crippen LogP contribution >= 0.6 is 0 Å². The molecule has 3 amide bonds. The fourth-order valence-corrected chi connectivity index (χ4v) is 3.03. The van der Waals surface area contributed by atoms with Crippen molar-refractivity contribution in [2.24, 2.45) is 5.92 Å². The third-order valence-corrected chi connectivity index (χ3v) is 4.65. The van der Waals surface area contributed by atoms with Crippen molar-refractivity contribution >= 4 is 23.3 Å². The van der Waals surface area contributed by atoms with Crippen molar-refractivity contribution in [3.8, 4) is 0 Å². The van der Waals surface area contributed by atoms with E-state index < -0.39 is 0 Å². The Morgan fingerprint density at radius 3 is 2.21 bits per heavy atom. The average molecular weight is 405 g/mol. The minimum atomic E-state index is -0.306. The first-order chi connectivity index (χ1) is 13.3. The largest absolute Gasteiger partial charge is 0.377 e. The van der Waals surface area contributed by atoms with Gasteiger partial charge in [-0.25, -0.2) is 4.79 Å². The lowest BCUT2D eigenvalue weighted by molar-refractivity contribution is -0.116. The maximum absolute atomic E-state index is 13.0. The Morgan fingerprint density at radius 2 is 1.72 bits per heavy atom. The fraction of sp³-hybridized carbons (Fsp3) is 0.652. The molecule has 1 atom stereocenters. The van der Waals surface area contributed by atoms with Crippen molar-refractivity contribution in [3.05, 3.63) is 23.8 Å². The number of carbonyl (C=O) groups is 2. The van der Waals surface area contributed by atoms with Crippen LogP contribution in [0.2, 0.25) is 0 Å². The van der Waals surface area contributed by atoms with Gasteiger partial charge in [0, 0.05) is 50.0 Å². The molecule has 0 unspecified atom stereocenters. The highest BCUT2D eigenvalue weighted by Crippen LogP contribution is 2.26. The molecular formula is C23H40N4O2. The number of nitrogens with one attached hydrogen (secondary N) is 2. The molecular weight excluding hydrogens is 364 g/mol. The van der Waals surface area contributed by atoms with Crippen molar-refractivity contribution in [3.63, 3.8) is 0 Å². The van der Waals surface area contributed by atoms with E-state index in [1.165, 1.54) is 0 Å². The van der Waals surface area contributed by atoms with Gasteiger partial charge >= 0.3 is 6.03 Å². The molecule has 6 heteroatoms. The number of rotatable bonds is 8. The highest BCUT2D eigenvalue weighted by atomic mass is 16.2. The van der Waals surface area contributed by atoms with E-state index >= 15 is 0 Å². The van der Waals surface area contributed by atoms with Gasteiger partial charge in [0.25, 0.3) is 0 Å². The maximum Gasteiger partial charge on any atom is 0.318 e. The second-order valence-corrected chi connectivity index (χ2v) is 9.45. The number of urea groups is 1. The normalized spacial score (nSPS) is 12.5. The number of carbonyl (C=O) groups excluding carboxylic acids is 2. The van der Waals surface area contributed by atoms with Gasteiger partial charge < -0.3 is 20.4 Å². The molecule has 0 aromatic heterocycles. The van der Waals surface area contributed by atoms with Crippen LogP contribution in [-0.2, 0) is 11.3 Å². The molecule has 0 aliphatic heterocycles. The second kappa shape index (κ2) is 10.5. The van der Waals surface area contributed by atoms with Crippen LogP contribution in [0.4, 0.5) is 16.2 Å². The first-order valence-electron chi connectivity index (χ1n) is 10.5. The maximum atomic E-state index is 13.0. The predicted octanol–water partition coefficient (Wildman–Crippen LogP) is 4.85. The summed E-state index contributed by atoms with van der Waals surface area (Å²) >= 11 is 0. The number of hydrogen-bond acceptors (Lipinski definition) is 3. The van der Waals surface area contributed by atoms with E-state index in [0.717, 1.165) is 23.4 Å². The summed E-state index contributed by atoms with van der Waals surface area (Å²) in [5.41, 5.74) is 2.49. The molecule has 2 N–H and O–H groups in total. The van der Waals surface area contributed by atoms with Crippen molar-refractivity contribution in [2.75, 3.05) is 24.3 Å². The minimum absolute atomic E-state index is 0.00723. The van der Waals surface area contributed by atoms with Crippen molar-refractivity contribution < 1.29 is 9.59 Å². The molecule has 1 aromatic rings. The van der Waals surface area contributed by atoms with E-state index in [0.29, 0.717) is 18.9 Å². The summed E-state index contributed by atoms with van der Waals surface area (Å²) in [4.78, 5) is 29.1. The molecule has 6 nitrogen and oxygen atoms in total. The molecule has 0 saturated heterocycles. The van der Waals surface area contributed by atoms with Gasteiger partial charge in [0.05, 0.1) is 0 Å². The third-order valence-electron chi connectivity index (χ3n) is 4.65. The van der Waals surface area contributed by atoms with E-state index in [2.05, 4.69) is 24.5 Å². The van der Waals surface area contributed by atoms with Crippen LogP contribution in [0.3, 0.4) is 0 Å². The highest BCUT2D eigenvalue weighted by Gasteiger charge is 2.24. The van der Waals surface area contributed by atoms with Crippen LogP contribution < -0.4 is 15.5 Å². The number of nitrogens with zero attached hydrogens (tertiary/aromatic N) is 2. The van der Waals surface area contributed by atoms with Gasteiger partial charge in [-0.15, -0.1) is 0 Å². The number of amides is 3.